The molecule has 0 atom stereocenters. The Kier molecular flexibility index (Phi) is 4.65. The molecule has 1 amide bonds. The van der Waals surface area contributed by atoms with Crippen LogP contribution in [0.1, 0.15) is 35.7 Å². The quantitative estimate of drug-likeness (QED) is 0.888. The number of rotatable bonds is 4. The van der Waals surface area contributed by atoms with Crippen LogP contribution in [0.2, 0.25) is 0 Å². The van der Waals surface area contributed by atoms with Crippen LogP contribution >= 0.6 is 0 Å². The highest BCUT2D eigenvalue weighted by Gasteiger charge is 2.28. The molecule has 110 valence electrons. The van der Waals surface area contributed by atoms with E-state index < -0.39 is 0 Å². The summed E-state index contributed by atoms with van der Waals surface area (Å²) in [5, 5.41) is 6.15. The molecule has 1 aliphatic heterocycles. The van der Waals surface area contributed by atoms with Gasteiger partial charge in [-0.25, -0.2) is 0 Å². The van der Waals surface area contributed by atoms with Crippen molar-refractivity contribution < 1.29 is 9.53 Å². The molecule has 1 fully saturated rings. The molecule has 20 heavy (non-hydrogen) atoms. The van der Waals surface area contributed by atoms with Gasteiger partial charge in [-0.2, -0.15) is 0 Å². The Morgan fingerprint density at radius 3 is 2.70 bits per heavy atom. The van der Waals surface area contributed by atoms with Gasteiger partial charge in [0.25, 0.3) is 5.91 Å². The largest absolute Gasteiger partial charge is 0.387 e. The smallest absolute Gasteiger partial charge is 0.253 e. The van der Waals surface area contributed by atoms with E-state index >= 15 is 0 Å². The lowest BCUT2D eigenvalue weighted by Crippen LogP contribution is -2.39. The Bertz CT molecular complexity index is 479. The van der Waals surface area contributed by atoms with Crippen LogP contribution in [0.3, 0.4) is 0 Å². The van der Waals surface area contributed by atoms with Gasteiger partial charge in [0.05, 0.1) is 5.56 Å². The lowest BCUT2D eigenvalue weighted by molar-refractivity contribution is 0.0238. The van der Waals surface area contributed by atoms with Gasteiger partial charge in [-0.15, -0.1) is 0 Å². The average Bonchev–Trinajstić information content (AvgIpc) is 2.45. The molecule has 4 heteroatoms. The van der Waals surface area contributed by atoms with E-state index in [2.05, 4.69) is 17.6 Å². The van der Waals surface area contributed by atoms with Crippen molar-refractivity contribution in [2.45, 2.75) is 26.7 Å². The van der Waals surface area contributed by atoms with E-state index in [1.54, 1.807) is 0 Å². The van der Waals surface area contributed by atoms with Crippen molar-refractivity contribution in [3.8, 4) is 0 Å². The molecular weight excluding hydrogens is 252 g/mol. The predicted octanol–water partition coefficient (Wildman–Crippen LogP) is 2.58. The van der Waals surface area contributed by atoms with Crippen LogP contribution in [0.25, 0.3) is 0 Å². The van der Waals surface area contributed by atoms with Crippen molar-refractivity contribution in [2.24, 2.45) is 5.41 Å². The van der Waals surface area contributed by atoms with Gasteiger partial charge in [-0.3, -0.25) is 4.79 Å². The van der Waals surface area contributed by atoms with Crippen molar-refractivity contribution in [1.29, 1.82) is 0 Å². The molecule has 0 saturated carbocycles. The van der Waals surface area contributed by atoms with Gasteiger partial charge in [-0.1, -0.05) is 13.0 Å². The fourth-order valence-corrected chi connectivity index (χ4v) is 2.49. The van der Waals surface area contributed by atoms with E-state index in [9.17, 15) is 4.79 Å². The number of anilines is 1. The number of hydrogen-bond acceptors (Lipinski definition) is 3. The molecule has 0 radical (unpaired) electrons. The summed E-state index contributed by atoms with van der Waals surface area (Å²) in [7, 11) is 1.84. The third kappa shape index (κ3) is 3.51. The third-order valence-corrected chi connectivity index (χ3v) is 4.06. The third-order valence-electron chi connectivity index (χ3n) is 4.06. The van der Waals surface area contributed by atoms with Gasteiger partial charge in [0.2, 0.25) is 0 Å². The first kappa shape index (κ1) is 14.9. The molecule has 0 aliphatic carbocycles. The van der Waals surface area contributed by atoms with Crippen molar-refractivity contribution >= 4 is 11.6 Å². The van der Waals surface area contributed by atoms with Gasteiger partial charge < -0.3 is 15.4 Å². The first-order valence-electron chi connectivity index (χ1n) is 7.18. The number of nitrogens with one attached hydrogen (secondary N) is 2. The number of hydrogen-bond donors (Lipinski definition) is 2. The maximum absolute atomic E-state index is 12.3. The predicted molar refractivity (Wildman–Crippen MR) is 81.2 cm³/mol. The summed E-state index contributed by atoms with van der Waals surface area (Å²) in [5.74, 6) is -0.0120. The first-order chi connectivity index (χ1) is 9.54. The summed E-state index contributed by atoms with van der Waals surface area (Å²) in [5.41, 5.74) is 2.87. The Labute approximate surface area is 120 Å². The number of ether oxygens (including phenoxy) is 1. The van der Waals surface area contributed by atoms with Gasteiger partial charge in [0.1, 0.15) is 0 Å². The number of amides is 1. The summed E-state index contributed by atoms with van der Waals surface area (Å²) in [6, 6.07) is 5.83. The highest BCUT2D eigenvalue weighted by molar-refractivity contribution is 5.99. The lowest BCUT2D eigenvalue weighted by atomic mass is 9.82. The van der Waals surface area contributed by atoms with E-state index in [0.717, 1.165) is 37.3 Å². The van der Waals surface area contributed by atoms with Crippen LogP contribution in [-0.4, -0.2) is 32.7 Å². The maximum atomic E-state index is 12.3. The van der Waals surface area contributed by atoms with Crippen LogP contribution < -0.4 is 10.6 Å². The monoisotopic (exact) mass is 276 g/mol. The normalized spacial score (nSPS) is 17.6. The number of carbonyl (C=O) groups is 1. The highest BCUT2D eigenvalue weighted by Crippen LogP contribution is 2.29. The second kappa shape index (κ2) is 6.27. The summed E-state index contributed by atoms with van der Waals surface area (Å²) < 4.78 is 5.38. The fourth-order valence-electron chi connectivity index (χ4n) is 2.49. The van der Waals surface area contributed by atoms with Crippen LogP contribution in [0.4, 0.5) is 5.69 Å². The molecule has 1 aliphatic rings. The Balaban J connectivity index is 2.01. The topological polar surface area (TPSA) is 50.4 Å². The van der Waals surface area contributed by atoms with Crippen molar-refractivity contribution in [1.82, 2.24) is 5.32 Å². The minimum Gasteiger partial charge on any atom is -0.387 e. The molecule has 0 spiro atoms. The maximum Gasteiger partial charge on any atom is 0.253 e. The molecule has 0 aromatic heterocycles. The fraction of sp³-hybridized carbons (Fsp3) is 0.562. The molecule has 4 nitrogen and oxygen atoms in total. The zero-order valence-electron chi connectivity index (χ0n) is 12.6. The first-order valence-corrected chi connectivity index (χ1v) is 7.18. The SMILES string of the molecule is CNc1cc(C)ccc1C(=O)NCC1(C)CCOCC1. The van der Waals surface area contributed by atoms with Crippen LogP contribution in [0, 0.1) is 12.3 Å². The minimum atomic E-state index is -0.0120. The van der Waals surface area contributed by atoms with Gasteiger partial charge in [-0.05, 0) is 42.9 Å². The Hall–Kier alpha value is -1.55. The van der Waals surface area contributed by atoms with Gasteiger partial charge in [0, 0.05) is 32.5 Å². The molecular formula is C16H24N2O2. The van der Waals surface area contributed by atoms with E-state index in [0.29, 0.717) is 12.1 Å². The second-order valence-corrected chi connectivity index (χ2v) is 5.90. The van der Waals surface area contributed by atoms with Crippen LogP contribution in [0.5, 0.6) is 0 Å². The lowest BCUT2D eigenvalue weighted by Gasteiger charge is -2.33. The summed E-state index contributed by atoms with van der Waals surface area (Å²) >= 11 is 0. The summed E-state index contributed by atoms with van der Waals surface area (Å²) in [6.45, 7) is 6.51. The van der Waals surface area contributed by atoms with Crippen LogP contribution in [-0.2, 0) is 4.74 Å². The zero-order valence-corrected chi connectivity index (χ0v) is 12.6. The Morgan fingerprint density at radius 1 is 1.35 bits per heavy atom. The number of benzene rings is 1. The highest BCUT2D eigenvalue weighted by atomic mass is 16.5. The molecule has 2 rings (SSSR count). The molecule has 1 aromatic rings. The number of carbonyl (C=O) groups excluding carboxylic acids is 1. The van der Waals surface area contributed by atoms with E-state index in [1.165, 1.54) is 0 Å². The molecule has 2 N–H and O–H groups in total. The molecule has 0 unspecified atom stereocenters. The van der Waals surface area contributed by atoms with Gasteiger partial charge >= 0.3 is 0 Å². The van der Waals surface area contributed by atoms with E-state index in [1.807, 2.05) is 32.2 Å². The Morgan fingerprint density at radius 2 is 2.05 bits per heavy atom. The van der Waals surface area contributed by atoms with E-state index in [-0.39, 0.29) is 11.3 Å². The van der Waals surface area contributed by atoms with Gasteiger partial charge in [0.15, 0.2) is 0 Å². The molecule has 1 saturated heterocycles. The number of aryl methyl sites for hydroxylation is 1. The minimum absolute atomic E-state index is 0.0120. The van der Waals surface area contributed by atoms with Crippen molar-refractivity contribution in [3.05, 3.63) is 29.3 Å². The zero-order chi connectivity index (χ0) is 14.6. The average molecular weight is 276 g/mol. The van der Waals surface area contributed by atoms with Crippen LogP contribution in [0.15, 0.2) is 18.2 Å². The van der Waals surface area contributed by atoms with Crippen molar-refractivity contribution in [2.75, 3.05) is 32.1 Å². The van der Waals surface area contributed by atoms with Crippen molar-refractivity contribution in [3.63, 3.8) is 0 Å². The second-order valence-electron chi connectivity index (χ2n) is 5.90. The molecule has 0 bridgehead atoms. The summed E-state index contributed by atoms with van der Waals surface area (Å²) in [4.78, 5) is 12.3. The standard InChI is InChI=1S/C16H24N2O2/c1-12-4-5-13(14(10-12)17-3)15(19)18-11-16(2)6-8-20-9-7-16/h4-5,10,17H,6-9,11H2,1-3H3,(H,18,19). The summed E-state index contributed by atoms with van der Waals surface area (Å²) in [6.07, 6.45) is 2.00. The molecule has 1 heterocycles. The van der Waals surface area contributed by atoms with E-state index in [4.69, 9.17) is 4.74 Å². The molecule has 1 aromatic carbocycles.